The van der Waals surface area contributed by atoms with Crippen molar-refractivity contribution in [1.82, 2.24) is 0 Å². The maximum atomic E-state index is 10.1. The average molecular weight is 194 g/mol. The fourth-order valence-electron chi connectivity index (χ4n) is 1.71. The second-order valence-corrected chi connectivity index (χ2v) is 4.50. The van der Waals surface area contributed by atoms with E-state index in [1.807, 2.05) is 12.1 Å². The fourth-order valence-corrected chi connectivity index (χ4v) is 2.17. The average Bonchev–Trinajstić information content (AvgIpc) is 2.14. The Morgan fingerprint density at radius 3 is 2.69 bits per heavy atom. The molecule has 13 heavy (non-hydrogen) atoms. The number of hydrogen-bond donors (Lipinski definition) is 1. The standard InChI is InChI=1S/C11H14OS/c1-13-10-5-2-4-9(8-10)11(12)6-3-7-11/h2,4-5,8,12H,3,6-7H2,1H3. The molecule has 0 bridgehead atoms. The van der Waals surface area contributed by atoms with E-state index in [0.29, 0.717) is 0 Å². The Bertz CT molecular complexity index is 305. The number of hydrogen-bond acceptors (Lipinski definition) is 2. The van der Waals surface area contributed by atoms with E-state index < -0.39 is 5.60 Å². The first-order chi connectivity index (χ1) is 6.24. The van der Waals surface area contributed by atoms with Crippen LogP contribution in [-0.4, -0.2) is 11.4 Å². The third-order valence-corrected chi connectivity index (χ3v) is 3.51. The van der Waals surface area contributed by atoms with Gasteiger partial charge in [0.05, 0.1) is 5.60 Å². The van der Waals surface area contributed by atoms with E-state index in [2.05, 4.69) is 18.4 Å². The predicted octanol–water partition coefficient (Wildman–Crippen LogP) is 2.78. The fraction of sp³-hybridized carbons (Fsp3) is 0.455. The molecule has 1 fully saturated rings. The van der Waals surface area contributed by atoms with Gasteiger partial charge in [0.2, 0.25) is 0 Å². The molecule has 0 aromatic heterocycles. The highest BCUT2D eigenvalue weighted by atomic mass is 32.2. The topological polar surface area (TPSA) is 20.2 Å². The van der Waals surface area contributed by atoms with Crippen LogP contribution in [0.1, 0.15) is 24.8 Å². The molecule has 0 radical (unpaired) electrons. The minimum atomic E-state index is -0.508. The molecular formula is C11H14OS. The molecule has 1 aromatic rings. The minimum absolute atomic E-state index is 0.508. The van der Waals surface area contributed by atoms with Crippen LogP contribution in [0, 0.1) is 0 Å². The Kier molecular flexibility index (Phi) is 2.35. The molecule has 0 aliphatic heterocycles. The van der Waals surface area contributed by atoms with Crippen LogP contribution in [0.4, 0.5) is 0 Å². The third kappa shape index (κ3) is 1.61. The molecule has 1 aliphatic rings. The molecule has 1 aromatic carbocycles. The summed E-state index contributed by atoms with van der Waals surface area (Å²) in [6.07, 6.45) is 5.06. The SMILES string of the molecule is CSc1cccc(C2(O)CCC2)c1. The Labute approximate surface area is 83.2 Å². The quantitative estimate of drug-likeness (QED) is 0.730. The molecule has 0 saturated heterocycles. The van der Waals surface area contributed by atoms with E-state index in [4.69, 9.17) is 0 Å². The van der Waals surface area contributed by atoms with Gasteiger partial charge >= 0.3 is 0 Å². The zero-order valence-electron chi connectivity index (χ0n) is 7.79. The zero-order chi connectivity index (χ0) is 9.31. The van der Waals surface area contributed by atoms with E-state index in [-0.39, 0.29) is 0 Å². The minimum Gasteiger partial charge on any atom is -0.385 e. The van der Waals surface area contributed by atoms with Crippen LogP contribution < -0.4 is 0 Å². The normalized spacial score (nSPS) is 19.5. The van der Waals surface area contributed by atoms with Gasteiger partial charge in [-0.3, -0.25) is 0 Å². The van der Waals surface area contributed by atoms with Crippen LogP contribution in [0.3, 0.4) is 0 Å². The maximum absolute atomic E-state index is 10.1. The number of rotatable bonds is 2. The molecule has 0 spiro atoms. The first kappa shape index (κ1) is 9.10. The summed E-state index contributed by atoms with van der Waals surface area (Å²) in [6, 6.07) is 8.23. The summed E-state index contributed by atoms with van der Waals surface area (Å²) in [7, 11) is 0. The van der Waals surface area contributed by atoms with E-state index in [1.54, 1.807) is 11.8 Å². The van der Waals surface area contributed by atoms with Crippen molar-refractivity contribution in [3.05, 3.63) is 29.8 Å². The van der Waals surface area contributed by atoms with Crippen molar-refractivity contribution in [3.8, 4) is 0 Å². The van der Waals surface area contributed by atoms with Crippen LogP contribution in [0.25, 0.3) is 0 Å². The number of benzene rings is 1. The van der Waals surface area contributed by atoms with Crippen molar-refractivity contribution in [2.45, 2.75) is 29.8 Å². The Balaban J connectivity index is 2.29. The summed E-state index contributed by atoms with van der Waals surface area (Å²) in [6.45, 7) is 0. The molecule has 0 amide bonds. The van der Waals surface area contributed by atoms with Gasteiger partial charge in [-0.2, -0.15) is 0 Å². The summed E-state index contributed by atoms with van der Waals surface area (Å²) in [4.78, 5) is 1.23. The van der Waals surface area contributed by atoms with Gasteiger partial charge in [-0.25, -0.2) is 0 Å². The number of aliphatic hydroxyl groups is 1. The smallest absolute Gasteiger partial charge is 0.0897 e. The Morgan fingerprint density at radius 1 is 1.38 bits per heavy atom. The van der Waals surface area contributed by atoms with Gasteiger partial charge in [0.1, 0.15) is 0 Å². The molecule has 2 rings (SSSR count). The highest BCUT2D eigenvalue weighted by Crippen LogP contribution is 2.41. The van der Waals surface area contributed by atoms with Gasteiger partial charge in [0.25, 0.3) is 0 Å². The lowest BCUT2D eigenvalue weighted by Gasteiger charge is -2.37. The molecule has 1 saturated carbocycles. The van der Waals surface area contributed by atoms with Gasteiger partial charge in [-0.15, -0.1) is 11.8 Å². The van der Waals surface area contributed by atoms with Crippen molar-refractivity contribution >= 4 is 11.8 Å². The van der Waals surface area contributed by atoms with Crippen molar-refractivity contribution in [1.29, 1.82) is 0 Å². The molecular weight excluding hydrogens is 180 g/mol. The first-order valence-electron chi connectivity index (χ1n) is 4.61. The largest absolute Gasteiger partial charge is 0.385 e. The molecule has 1 nitrogen and oxygen atoms in total. The van der Waals surface area contributed by atoms with Gasteiger partial charge in [0, 0.05) is 4.90 Å². The summed E-state index contributed by atoms with van der Waals surface area (Å²) in [5.74, 6) is 0. The van der Waals surface area contributed by atoms with E-state index in [0.717, 1.165) is 24.8 Å². The van der Waals surface area contributed by atoms with Gasteiger partial charge in [-0.05, 0) is 43.2 Å². The molecule has 0 unspecified atom stereocenters. The Hall–Kier alpha value is -0.470. The van der Waals surface area contributed by atoms with Gasteiger partial charge in [0.15, 0.2) is 0 Å². The van der Waals surface area contributed by atoms with Crippen molar-refractivity contribution in [2.75, 3.05) is 6.26 Å². The molecule has 2 heteroatoms. The monoisotopic (exact) mass is 194 g/mol. The molecule has 0 heterocycles. The van der Waals surface area contributed by atoms with Gasteiger partial charge in [-0.1, -0.05) is 12.1 Å². The highest BCUT2D eigenvalue weighted by Gasteiger charge is 2.35. The Morgan fingerprint density at radius 2 is 2.15 bits per heavy atom. The molecule has 1 aliphatic carbocycles. The van der Waals surface area contributed by atoms with E-state index >= 15 is 0 Å². The van der Waals surface area contributed by atoms with Crippen LogP contribution in [0.2, 0.25) is 0 Å². The molecule has 0 atom stereocenters. The van der Waals surface area contributed by atoms with E-state index in [1.165, 1.54) is 4.90 Å². The van der Waals surface area contributed by atoms with Crippen molar-refractivity contribution in [3.63, 3.8) is 0 Å². The lowest BCUT2D eigenvalue weighted by atomic mass is 9.75. The number of thioether (sulfide) groups is 1. The van der Waals surface area contributed by atoms with E-state index in [9.17, 15) is 5.11 Å². The van der Waals surface area contributed by atoms with Crippen LogP contribution in [-0.2, 0) is 5.60 Å². The zero-order valence-corrected chi connectivity index (χ0v) is 8.60. The summed E-state index contributed by atoms with van der Waals surface area (Å²) < 4.78 is 0. The van der Waals surface area contributed by atoms with Crippen LogP contribution >= 0.6 is 11.8 Å². The van der Waals surface area contributed by atoms with Gasteiger partial charge < -0.3 is 5.11 Å². The van der Waals surface area contributed by atoms with Crippen LogP contribution in [0.15, 0.2) is 29.2 Å². The summed E-state index contributed by atoms with van der Waals surface area (Å²) in [5.41, 5.74) is 0.580. The summed E-state index contributed by atoms with van der Waals surface area (Å²) >= 11 is 1.72. The lowest BCUT2D eigenvalue weighted by Crippen LogP contribution is -2.33. The van der Waals surface area contributed by atoms with Crippen LogP contribution in [0.5, 0.6) is 0 Å². The molecule has 70 valence electrons. The van der Waals surface area contributed by atoms with Crippen molar-refractivity contribution in [2.24, 2.45) is 0 Å². The predicted molar refractivity (Wildman–Crippen MR) is 56.0 cm³/mol. The third-order valence-electron chi connectivity index (χ3n) is 2.79. The maximum Gasteiger partial charge on any atom is 0.0897 e. The van der Waals surface area contributed by atoms with Crippen molar-refractivity contribution < 1.29 is 5.11 Å². The highest BCUT2D eigenvalue weighted by molar-refractivity contribution is 7.98. The lowest BCUT2D eigenvalue weighted by molar-refractivity contribution is -0.0389. The second-order valence-electron chi connectivity index (χ2n) is 3.62. The first-order valence-corrected chi connectivity index (χ1v) is 5.84. The molecule has 1 N–H and O–H groups in total. The second kappa shape index (κ2) is 3.35. The summed E-state index contributed by atoms with van der Waals surface area (Å²) in [5, 5.41) is 10.1.